The highest BCUT2D eigenvalue weighted by Crippen LogP contribution is 2.29. The number of nitrogens with one attached hydrogen (secondary N) is 3. The highest BCUT2D eigenvalue weighted by atomic mass is 35.5. The molecule has 3 N–H and O–H groups in total. The Bertz CT molecular complexity index is 1660. The van der Waals surface area contributed by atoms with Gasteiger partial charge < -0.3 is 16.0 Å². The molecule has 3 amide bonds. The fourth-order valence-electron chi connectivity index (χ4n) is 3.96. The third-order valence-electron chi connectivity index (χ3n) is 6.11. The molecule has 0 aliphatic rings. The van der Waals surface area contributed by atoms with Crippen molar-refractivity contribution in [2.75, 3.05) is 10.6 Å². The van der Waals surface area contributed by atoms with Crippen LogP contribution in [0.15, 0.2) is 114 Å². The van der Waals surface area contributed by atoms with E-state index in [0.29, 0.717) is 28.4 Å². The maximum Gasteiger partial charge on any atom is 0.276 e. The number of carbonyl (C=O) groups is 3. The van der Waals surface area contributed by atoms with E-state index in [4.69, 9.17) is 11.6 Å². The second kappa shape index (κ2) is 14.8. The van der Waals surface area contributed by atoms with E-state index >= 15 is 0 Å². The van der Waals surface area contributed by atoms with Crippen molar-refractivity contribution < 1.29 is 19.3 Å². The Morgan fingerprint density at radius 3 is 2.28 bits per heavy atom. The Morgan fingerprint density at radius 2 is 1.58 bits per heavy atom. The number of nitro benzene ring substituents is 1. The van der Waals surface area contributed by atoms with Gasteiger partial charge in [-0.05, 0) is 73.2 Å². The van der Waals surface area contributed by atoms with Gasteiger partial charge in [0.25, 0.3) is 17.5 Å². The van der Waals surface area contributed by atoms with Gasteiger partial charge in [-0.25, -0.2) is 0 Å². The lowest BCUT2D eigenvalue weighted by molar-refractivity contribution is -0.385. The van der Waals surface area contributed by atoms with Crippen LogP contribution >= 0.6 is 23.4 Å². The van der Waals surface area contributed by atoms with Gasteiger partial charge in [0.1, 0.15) is 5.70 Å². The molecule has 0 bridgehead atoms. The molecule has 43 heavy (non-hydrogen) atoms. The summed E-state index contributed by atoms with van der Waals surface area (Å²) in [7, 11) is 0. The third-order valence-corrected chi connectivity index (χ3v) is 7.72. The van der Waals surface area contributed by atoms with Crippen molar-refractivity contribution in [3.8, 4) is 0 Å². The summed E-state index contributed by atoms with van der Waals surface area (Å²) in [6, 6.07) is 28.0. The summed E-state index contributed by atoms with van der Waals surface area (Å²) in [5.74, 6) is -1.41. The van der Waals surface area contributed by atoms with Crippen molar-refractivity contribution in [2.24, 2.45) is 0 Å². The monoisotopic (exact) mass is 614 g/mol. The van der Waals surface area contributed by atoms with Crippen molar-refractivity contribution in [3.05, 3.63) is 135 Å². The highest BCUT2D eigenvalue weighted by Gasteiger charge is 2.20. The molecule has 0 spiro atoms. The summed E-state index contributed by atoms with van der Waals surface area (Å²) in [4.78, 5) is 51.0. The molecule has 4 rings (SSSR count). The number of thioether (sulfide) groups is 1. The summed E-state index contributed by atoms with van der Waals surface area (Å²) in [5, 5.41) is 20.0. The number of amides is 3. The molecule has 1 atom stereocenters. The molecule has 0 heterocycles. The van der Waals surface area contributed by atoms with Crippen molar-refractivity contribution >= 4 is 64.2 Å². The second-order valence-corrected chi connectivity index (χ2v) is 10.9. The van der Waals surface area contributed by atoms with Crippen LogP contribution in [-0.4, -0.2) is 27.9 Å². The van der Waals surface area contributed by atoms with Crippen LogP contribution in [0.1, 0.15) is 29.3 Å². The molecule has 0 aliphatic heterocycles. The smallest absolute Gasteiger partial charge is 0.276 e. The first kappa shape index (κ1) is 31.0. The van der Waals surface area contributed by atoms with Crippen LogP contribution in [0.2, 0.25) is 5.02 Å². The van der Waals surface area contributed by atoms with Gasteiger partial charge in [-0.2, -0.15) is 0 Å². The molecule has 0 saturated heterocycles. The number of carbonyl (C=O) groups excluding carboxylic acids is 3. The minimum absolute atomic E-state index is 0.146. The van der Waals surface area contributed by atoms with Crippen LogP contribution < -0.4 is 16.0 Å². The summed E-state index contributed by atoms with van der Waals surface area (Å²) < 4.78 is 0. The van der Waals surface area contributed by atoms with Gasteiger partial charge in [0.05, 0.1) is 15.7 Å². The molecule has 0 fully saturated rings. The Balaban J connectivity index is 1.54. The molecule has 4 aromatic rings. The molecule has 11 heteroatoms. The fraction of sp³-hybridized carbons (Fsp3) is 0.0938. The van der Waals surface area contributed by atoms with Gasteiger partial charge in [0, 0.05) is 32.9 Å². The summed E-state index contributed by atoms with van der Waals surface area (Å²) in [5.41, 5.74) is 1.09. The first-order valence-electron chi connectivity index (χ1n) is 13.2. The first-order chi connectivity index (χ1) is 20.7. The maximum absolute atomic E-state index is 13.4. The Morgan fingerprint density at radius 1 is 0.884 bits per heavy atom. The molecule has 9 nitrogen and oxygen atoms in total. The van der Waals surface area contributed by atoms with Gasteiger partial charge in [-0.3, -0.25) is 24.5 Å². The zero-order valence-corrected chi connectivity index (χ0v) is 24.5. The normalized spacial score (nSPS) is 11.7. The van der Waals surface area contributed by atoms with Gasteiger partial charge in [0.2, 0.25) is 5.91 Å². The fourth-order valence-corrected chi connectivity index (χ4v) is 5.10. The summed E-state index contributed by atoms with van der Waals surface area (Å²) in [6.07, 6.45) is 1.82. The van der Waals surface area contributed by atoms with E-state index in [0.717, 1.165) is 4.90 Å². The van der Waals surface area contributed by atoms with Crippen LogP contribution in [0.4, 0.5) is 17.1 Å². The van der Waals surface area contributed by atoms with E-state index in [1.807, 2.05) is 13.0 Å². The Labute approximate surface area is 257 Å². The SMILES string of the molecule is CCC(Sc1cccc(NC(=O)/C(=C\c2ccccc2[N+](=O)[O-])NC(=O)c2ccccc2)c1)C(=O)Nc1ccc(Cl)cc1. The van der Waals surface area contributed by atoms with Crippen LogP contribution in [0.3, 0.4) is 0 Å². The molecule has 218 valence electrons. The number of benzene rings is 4. The lowest BCUT2D eigenvalue weighted by atomic mass is 10.1. The van der Waals surface area contributed by atoms with Crippen LogP contribution in [0.5, 0.6) is 0 Å². The average molecular weight is 615 g/mol. The summed E-state index contributed by atoms with van der Waals surface area (Å²) in [6.45, 7) is 1.90. The lowest BCUT2D eigenvalue weighted by Gasteiger charge is -2.16. The van der Waals surface area contributed by atoms with Gasteiger partial charge in [-0.15, -0.1) is 11.8 Å². The minimum atomic E-state index is -0.683. The number of halogens is 1. The van der Waals surface area contributed by atoms with E-state index in [1.165, 1.54) is 36.0 Å². The van der Waals surface area contributed by atoms with E-state index in [1.54, 1.807) is 78.9 Å². The van der Waals surface area contributed by atoms with Gasteiger partial charge >= 0.3 is 0 Å². The standard InChI is InChI=1S/C32H27ClN4O5S/c1-2-29(32(40)34-24-17-15-23(33)16-18-24)43-26-13-8-12-25(20-26)35-31(39)27(36-30(38)21-9-4-3-5-10-21)19-22-11-6-7-14-28(22)37(41)42/h3-20,29H,2H2,1H3,(H,34,40)(H,35,39)(H,36,38)/b27-19+. The number of nitro groups is 1. The van der Waals surface area contributed by atoms with E-state index < -0.39 is 22.0 Å². The van der Waals surface area contributed by atoms with Crippen LogP contribution in [0, 0.1) is 10.1 Å². The van der Waals surface area contributed by atoms with Gasteiger partial charge in [0.15, 0.2) is 0 Å². The van der Waals surface area contributed by atoms with Gasteiger partial charge in [-0.1, -0.05) is 54.9 Å². The highest BCUT2D eigenvalue weighted by molar-refractivity contribution is 8.00. The Kier molecular flexibility index (Phi) is 10.7. The zero-order valence-electron chi connectivity index (χ0n) is 23.0. The topological polar surface area (TPSA) is 130 Å². The number of hydrogen-bond acceptors (Lipinski definition) is 6. The number of para-hydroxylation sites is 1. The molecule has 0 aromatic heterocycles. The molecule has 0 saturated carbocycles. The Hall–Kier alpha value is -4.93. The quantitative estimate of drug-likeness (QED) is 0.0711. The minimum Gasteiger partial charge on any atom is -0.325 e. The number of rotatable bonds is 11. The lowest BCUT2D eigenvalue weighted by Crippen LogP contribution is -2.30. The van der Waals surface area contributed by atoms with Crippen molar-refractivity contribution in [3.63, 3.8) is 0 Å². The van der Waals surface area contributed by atoms with E-state index in [9.17, 15) is 24.5 Å². The van der Waals surface area contributed by atoms with Crippen LogP contribution in [-0.2, 0) is 9.59 Å². The molecule has 0 radical (unpaired) electrons. The molecular weight excluding hydrogens is 588 g/mol. The predicted molar refractivity (Wildman–Crippen MR) is 170 cm³/mol. The number of hydrogen-bond donors (Lipinski definition) is 3. The largest absolute Gasteiger partial charge is 0.325 e. The van der Waals surface area contributed by atoms with Crippen molar-refractivity contribution in [1.29, 1.82) is 0 Å². The van der Waals surface area contributed by atoms with Crippen molar-refractivity contribution in [2.45, 2.75) is 23.5 Å². The molecule has 0 aliphatic carbocycles. The second-order valence-electron chi connectivity index (χ2n) is 9.19. The zero-order chi connectivity index (χ0) is 30.8. The molecule has 4 aromatic carbocycles. The molecular formula is C32H27ClN4O5S. The number of anilines is 2. The first-order valence-corrected chi connectivity index (χ1v) is 14.4. The predicted octanol–water partition coefficient (Wildman–Crippen LogP) is 7.17. The third kappa shape index (κ3) is 8.78. The summed E-state index contributed by atoms with van der Waals surface area (Å²) >= 11 is 7.27. The number of nitrogens with zero attached hydrogens (tertiary/aromatic N) is 1. The maximum atomic E-state index is 13.4. The average Bonchev–Trinajstić information content (AvgIpc) is 3.01. The van der Waals surface area contributed by atoms with Crippen molar-refractivity contribution in [1.82, 2.24) is 5.32 Å². The van der Waals surface area contributed by atoms with Crippen LogP contribution in [0.25, 0.3) is 6.08 Å². The van der Waals surface area contributed by atoms with E-state index in [2.05, 4.69) is 16.0 Å². The van der Waals surface area contributed by atoms with E-state index in [-0.39, 0.29) is 22.9 Å². The molecule has 1 unspecified atom stereocenters.